The molecule has 0 bridgehead atoms. The summed E-state index contributed by atoms with van der Waals surface area (Å²) in [7, 11) is -0.282. The molecule has 3 aromatic heterocycles. The SMILES string of the molecule is C=C(O[Si](C)(C)C(C)(C)C)c1cc(N(Cc2cccc(-c3nccn3C)c2)C(=O)O)n2nc(C)c(Br)c2n1. The number of carbonyl (C=O) groups is 1. The van der Waals surface area contributed by atoms with Crippen LogP contribution in [0.5, 0.6) is 0 Å². The van der Waals surface area contributed by atoms with Crippen molar-refractivity contribution in [3.63, 3.8) is 0 Å². The molecule has 38 heavy (non-hydrogen) atoms. The minimum absolute atomic E-state index is 0.0397. The van der Waals surface area contributed by atoms with Crippen molar-refractivity contribution >= 4 is 47.6 Å². The fourth-order valence-corrected chi connectivity index (χ4v) is 5.17. The molecule has 3 heterocycles. The Hall–Kier alpha value is -3.44. The number of aryl methyl sites for hydroxylation is 2. The molecular formula is C27H33BrN6O3Si. The van der Waals surface area contributed by atoms with Gasteiger partial charge in [-0.15, -0.1) is 0 Å². The van der Waals surface area contributed by atoms with Crippen molar-refractivity contribution in [3.05, 3.63) is 70.7 Å². The second-order valence-electron chi connectivity index (χ2n) is 10.9. The van der Waals surface area contributed by atoms with Crippen LogP contribution in [0, 0.1) is 6.92 Å². The first-order chi connectivity index (χ1) is 17.7. The zero-order valence-corrected chi connectivity index (χ0v) is 25.4. The van der Waals surface area contributed by atoms with E-state index in [1.54, 1.807) is 16.8 Å². The fourth-order valence-electron chi connectivity index (χ4n) is 3.81. The molecule has 0 unspecified atom stereocenters. The molecule has 200 valence electrons. The molecule has 1 aromatic carbocycles. The van der Waals surface area contributed by atoms with E-state index in [2.05, 4.69) is 66.5 Å². The third-order valence-electron chi connectivity index (χ3n) is 7.00. The number of hydrogen-bond acceptors (Lipinski definition) is 5. The van der Waals surface area contributed by atoms with E-state index in [0.717, 1.165) is 17.0 Å². The molecule has 11 heteroatoms. The van der Waals surface area contributed by atoms with Gasteiger partial charge in [-0.3, -0.25) is 4.90 Å². The van der Waals surface area contributed by atoms with Gasteiger partial charge in [0.05, 0.1) is 16.7 Å². The first-order valence-corrected chi connectivity index (χ1v) is 15.9. The number of carboxylic acid groups (broad SMARTS) is 1. The summed E-state index contributed by atoms with van der Waals surface area (Å²) in [6.45, 7) is 16.8. The van der Waals surface area contributed by atoms with Gasteiger partial charge in [-0.25, -0.2) is 14.8 Å². The van der Waals surface area contributed by atoms with E-state index in [0.29, 0.717) is 33.1 Å². The molecule has 0 atom stereocenters. The molecule has 0 fully saturated rings. The molecule has 0 radical (unpaired) electrons. The largest absolute Gasteiger partial charge is 0.542 e. The Kier molecular flexibility index (Phi) is 7.28. The lowest BCUT2D eigenvalue weighted by Crippen LogP contribution is -2.40. The Morgan fingerprint density at radius 2 is 1.97 bits per heavy atom. The maximum Gasteiger partial charge on any atom is 0.413 e. The fraction of sp³-hybridized carbons (Fsp3) is 0.333. The Labute approximate surface area is 232 Å². The maximum atomic E-state index is 12.6. The number of imidazole rings is 1. The Balaban J connectivity index is 1.79. The quantitative estimate of drug-likeness (QED) is 0.184. The maximum absolute atomic E-state index is 12.6. The van der Waals surface area contributed by atoms with Crippen LogP contribution in [0.1, 0.15) is 37.7 Å². The van der Waals surface area contributed by atoms with Crippen molar-refractivity contribution < 1.29 is 14.3 Å². The predicted molar refractivity (Wildman–Crippen MR) is 156 cm³/mol. The number of halogens is 1. The van der Waals surface area contributed by atoms with Crippen LogP contribution in [0.15, 0.2) is 53.8 Å². The lowest BCUT2D eigenvalue weighted by Gasteiger charge is -2.37. The van der Waals surface area contributed by atoms with Crippen molar-refractivity contribution in [2.24, 2.45) is 7.05 Å². The van der Waals surface area contributed by atoms with E-state index in [-0.39, 0.29) is 11.6 Å². The standard InChI is InChI=1S/C27H33BrN6O3Si/c1-17-23(28)25-30-21(18(2)37-38(7,8)27(3,4)5)15-22(34(25)31-17)33(26(35)36)16-19-10-9-11-20(14-19)24-29-12-13-32(24)6/h9-15H,2,16H2,1,3-8H3,(H,35,36). The lowest BCUT2D eigenvalue weighted by molar-refractivity contribution is 0.201. The van der Waals surface area contributed by atoms with Gasteiger partial charge in [0.25, 0.3) is 8.32 Å². The number of rotatable bonds is 7. The molecule has 0 aliphatic carbocycles. The van der Waals surface area contributed by atoms with Gasteiger partial charge in [0.2, 0.25) is 0 Å². The van der Waals surface area contributed by atoms with Gasteiger partial charge >= 0.3 is 6.09 Å². The van der Waals surface area contributed by atoms with Gasteiger partial charge < -0.3 is 14.1 Å². The van der Waals surface area contributed by atoms with Crippen LogP contribution >= 0.6 is 15.9 Å². The molecule has 1 amide bonds. The number of benzene rings is 1. The minimum atomic E-state index is -2.20. The van der Waals surface area contributed by atoms with Crippen LogP contribution in [-0.2, 0) is 18.0 Å². The van der Waals surface area contributed by atoms with Crippen molar-refractivity contribution in [2.75, 3.05) is 4.90 Å². The third kappa shape index (κ3) is 5.25. The van der Waals surface area contributed by atoms with E-state index >= 15 is 0 Å². The molecule has 0 spiro atoms. The van der Waals surface area contributed by atoms with Gasteiger partial charge in [0.15, 0.2) is 5.65 Å². The van der Waals surface area contributed by atoms with Crippen molar-refractivity contribution in [1.82, 2.24) is 24.1 Å². The van der Waals surface area contributed by atoms with Gasteiger partial charge in [-0.1, -0.05) is 45.5 Å². The Bertz CT molecular complexity index is 1540. The monoisotopic (exact) mass is 596 g/mol. The average molecular weight is 598 g/mol. The highest BCUT2D eigenvalue weighted by Crippen LogP contribution is 2.39. The molecule has 0 saturated carbocycles. The first-order valence-electron chi connectivity index (χ1n) is 12.2. The molecule has 0 aliphatic heterocycles. The van der Waals surface area contributed by atoms with Gasteiger partial charge in [0.1, 0.15) is 23.1 Å². The summed E-state index contributed by atoms with van der Waals surface area (Å²) in [6.07, 6.45) is 2.49. The molecule has 9 nitrogen and oxygen atoms in total. The lowest BCUT2D eigenvalue weighted by atomic mass is 10.1. The molecule has 4 aromatic rings. The van der Waals surface area contributed by atoms with Crippen molar-refractivity contribution in [2.45, 2.75) is 52.4 Å². The Morgan fingerprint density at radius 1 is 1.26 bits per heavy atom. The Morgan fingerprint density at radius 3 is 2.58 bits per heavy atom. The second kappa shape index (κ2) is 10.0. The average Bonchev–Trinajstić information content (AvgIpc) is 3.38. The molecular weight excluding hydrogens is 564 g/mol. The highest BCUT2D eigenvalue weighted by Gasteiger charge is 2.39. The normalized spacial score (nSPS) is 12.1. The molecule has 4 rings (SSSR count). The zero-order chi connectivity index (χ0) is 28.0. The van der Waals surface area contributed by atoms with E-state index in [1.165, 1.54) is 4.90 Å². The van der Waals surface area contributed by atoms with Crippen LogP contribution < -0.4 is 4.90 Å². The van der Waals surface area contributed by atoms with E-state index in [1.807, 2.05) is 49.0 Å². The van der Waals surface area contributed by atoms with E-state index < -0.39 is 14.4 Å². The highest BCUT2D eigenvalue weighted by molar-refractivity contribution is 9.10. The number of hydrogen-bond donors (Lipinski definition) is 1. The van der Waals surface area contributed by atoms with Gasteiger partial charge in [-0.2, -0.15) is 9.61 Å². The smallest absolute Gasteiger partial charge is 0.413 e. The summed E-state index contributed by atoms with van der Waals surface area (Å²) in [5, 5.41) is 14.9. The molecule has 0 saturated heterocycles. The summed E-state index contributed by atoms with van der Waals surface area (Å²) < 4.78 is 10.6. The highest BCUT2D eigenvalue weighted by atomic mass is 79.9. The number of fused-ring (bicyclic) bond motifs is 1. The molecule has 0 aliphatic rings. The second-order valence-corrected chi connectivity index (χ2v) is 16.4. The number of aromatic nitrogens is 5. The topological polar surface area (TPSA) is 97.8 Å². The number of anilines is 1. The summed E-state index contributed by atoms with van der Waals surface area (Å²) >= 11 is 3.57. The van der Waals surface area contributed by atoms with E-state index in [9.17, 15) is 9.90 Å². The first kappa shape index (κ1) is 27.6. The van der Waals surface area contributed by atoms with Crippen LogP contribution in [0.25, 0.3) is 22.8 Å². The van der Waals surface area contributed by atoms with Crippen LogP contribution in [0.2, 0.25) is 18.1 Å². The van der Waals surface area contributed by atoms with E-state index in [4.69, 9.17) is 9.41 Å². The zero-order valence-electron chi connectivity index (χ0n) is 22.8. The summed E-state index contributed by atoms with van der Waals surface area (Å²) in [5.74, 6) is 1.55. The number of amides is 1. The number of nitrogens with zero attached hydrogens (tertiary/aromatic N) is 6. The summed E-state index contributed by atoms with van der Waals surface area (Å²) in [6, 6.07) is 9.37. The third-order valence-corrected chi connectivity index (χ3v) is 12.3. The summed E-state index contributed by atoms with van der Waals surface area (Å²) in [4.78, 5) is 23.1. The van der Waals surface area contributed by atoms with Gasteiger partial charge in [0, 0.05) is 31.1 Å². The van der Waals surface area contributed by atoms with Crippen LogP contribution in [0.3, 0.4) is 0 Å². The van der Waals surface area contributed by atoms with Crippen LogP contribution in [-0.4, -0.2) is 43.7 Å². The summed E-state index contributed by atoms with van der Waals surface area (Å²) in [5.41, 5.74) is 3.34. The van der Waals surface area contributed by atoms with Crippen molar-refractivity contribution in [3.8, 4) is 11.4 Å². The van der Waals surface area contributed by atoms with Gasteiger partial charge in [-0.05, 0) is 52.6 Å². The predicted octanol–water partition coefficient (Wildman–Crippen LogP) is 6.88. The molecule has 1 N–H and O–H groups in total. The van der Waals surface area contributed by atoms with Crippen LogP contribution in [0.4, 0.5) is 10.6 Å². The van der Waals surface area contributed by atoms with Crippen molar-refractivity contribution in [1.29, 1.82) is 0 Å². The minimum Gasteiger partial charge on any atom is -0.542 e.